The molecule has 0 fully saturated rings. The molecular formula is C18H24N2O2. The highest BCUT2D eigenvalue weighted by molar-refractivity contribution is 5.55. The zero-order valence-electron chi connectivity index (χ0n) is 13.9. The highest BCUT2D eigenvalue weighted by Gasteiger charge is 2.10. The molecule has 0 saturated carbocycles. The molecule has 118 valence electrons. The third-order valence-electron chi connectivity index (χ3n) is 3.67. The topological polar surface area (TPSA) is 33.7 Å². The Morgan fingerprint density at radius 2 is 1.55 bits per heavy atom. The first-order chi connectivity index (χ1) is 10.5. The van der Waals surface area contributed by atoms with Gasteiger partial charge in [0.05, 0.1) is 14.2 Å². The first-order valence-corrected chi connectivity index (χ1v) is 7.31. The highest BCUT2D eigenvalue weighted by Crippen LogP contribution is 2.31. The second-order valence-electron chi connectivity index (χ2n) is 5.42. The Kier molecular flexibility index (Phi) is 5.15. The lowest BCUT2D eigenvalue weighted by atomic mass is 10.1. The summed E-state index contributed by atoms with van der Waals surface area (Å²) in [6, 6.07) is 14.5. The first-order valence-electron chi connectivity index (χ1n) is 7.31. The maximum absolute atomic E-state index is 5.36. The fourth-order valence-corrected chi connectivity index (χ4v) is 2.31. The molecule has 0 aliphatic carbocycles. The number of anilines is 2. The smallest absolute Gasteiger partial charge is 0.161 e. The number of rotatable bonds is 6. The molecule has 0 unspecified atom stereocenters. The van der Waals surface area contributed by atoms with Crippen LogP contribution in [0.15, 0.2) is 42.5 Å². The second-order valence-corrected chi connectivity index (χ2v) is 5.42. The van der Waals surface area contributed by atoms with E-state index in [1.165, 1.54) is 5.69 Å². The summed E-state index contributed by atoms with van der Waals surface area (Å²) in [6.07, 6.45) is 0. The van der Waals surface area contributed by atoms with Gasteiger partial charge in [-0.25, -0.2) is 0 Å². The number of hydrogen-bond acceptors (Lipinski definition) is 4. The van der Waals surface area contributed by atoms with E-state index in [0.29, 0.717) is 0 Å². The largest absolute Gasteiger partial charge is 0.493 e. The van der Waals surface area contributed by atoms with Gasteiger partial charge in [0.2, 0.25) is 0 Å². The molecule has 0 saturated heterocycles. The van der Waals surface area contributed by atoms with Crippen LogP contribution >= 0.6 is 0 Å². The van der Waals surface area contributed by atoms with E-state index in [1.54, 1.807) is 14.2 Å². The molecule has 0 spiro atoms. The minimum Gasteiger partial charge on any atom is -0.493 e. The van der Waals surface area contributed by atoms with Crippen LogP contribution in [0.2, 0.25) is 0 Å². The Bertz CT molecular complexity index is 609. The molecule has 0 radical (unpaired) electrons. The summed E-state index contributed by atoms with van der Waals surface area (Å²) in [4.78, 5) is 2.08. The maximum atomic E-state index is 5.36. The lowest BCUT2D eigenvalue weighted by molar-refractivity contribution is 0.354. The maximum Gasteiger partial charge on any atom is 0.161 e. The van der Waals surface area contributed by atoms with Gasteiger partial charge in [-0.05, 0) is 48.9 Å². The molecule has 1 N–H and O–H groups in total. The number of benzene rings is 2. The molecule has 0 bridgehead atoms. The number of ether oxygens (including phenoxy) is 2. The Balaban J connectivity index is 2.13. The lowest BCUT2D eigenvalue weighted by Gasteiger charge is -2.19. The number of nitrogens with zero attached hydrogens (tertiary/aromatic N) is 1. The molecule has 0 amide bonds. The van der Waals surface area contributed by atoms with E-state index in [1.807, 2.05) is 32.3 Å². The van der Waals surface area contributed by atoms with Crippen LogP contribution in [0.3, 0.4) is 0 Å². The number of hydrogen-bond donors (Lipinski definition) is 1. The van der Waals surface area contributed by atoms with Crippen LogP contribution in [0.1, 0.15) is 18.5 Å². The van der Waals surface area contributed by atoms with E-state index in [9.17, 15) is 0 Å². The van der Waals surface area contributed by atoms with Gasteiger partial charge in [-0.15, -0.1) is 0 Å². The second kappa shape index (κ2) is 7.07. The molecule has 0 heterocycles. The van der Waals surface area contributed by atoms with Crippen molar-refractivity contribution in [2.45, 2.75) is 13.0 Å². The van der Waals surface area contributed by atoms with Crippen molar-refractivity contribution in [3.63, 3.8) is 0 Å². The zero-order chi connectivity index (χ0) is 16.1. The average molecular weight is 300 g/mol. The molecule has 2 aromatic carbocycles. The van der Waals surface area contributed by atoms with Crippen LogP contribution in [0.4, 0.5) is 11.4 Å². The Morgan fingerprint density at radius 1 is 0.909 bits per heavy atom. The average Bonchev–Trinajstić information content (AvgIpc) is 2.54. The van der Waals surface area contributed by atoms with Crippen LogP contribution < -0.4 is 19.7 Å². The van der Waals surface area contributed by atoms with Crippen molar-refractivity contribution in [3.8, 4) is 11.5 Å². The molecule has 0 aliphatic rings. The van der Waals surface area contributed by atoms with Crippen molar-refractivity contribution in [2.75, 3.05) is 38.5 Å². The van der Waals surface area contributed by atoms with Crippen molar-refractivity contribution in [2.24, 2.45) is 0 Å². The monoisotopic (exact) mass is 300 g/mol. The Hall–Kier alpha value is -2.36. The van der Waals surface area contributed by atoms with Crippen molar-refractivity contribution >= 4 is 11.4 Å². The number of nitrogens with one attached hydrogen (secondary N) is 1. The van der Waals surface area contributed by atoms with Gasteiger partial charge >= 0.3 is 0 Å². The van der Waals surface area contributed by atoms with Gasteiger partial charge in [-0.3, -0.25) is 0 Å². The van der Waals surface area contributed by atoms with Gasteiger partial charge in [-0.1, -0.05) is 6.07 Å². The van der Waals surface area contributed by atoms with Gasteiger partial charge in [0.25, 0.3) is 0 Å². The van der Waals surface area contributed by atoms with E-state index >= 15 is 0 Å². The van der Waals surface area contributed by atoms with Crippen LogP contribution in [-0.4, -0.2) is 28.3 Å². The number of methoxy groups -OCH3 is 2. The molecule has 22 heavy (non-hydrogen) atoms. The lowest BCUT2D eigenvalue weighted by Crippen LogP contribution is -2.09. The van der Waals surface area contributed by atoms with Crippen molar-refractivity contribution in [1.29, 1.82) is 0 Å². The minimum absolute atomic E-state index is 0.171. The normalized spacial score (nSPS) is 11.7. The predicted molar refractivity (Wildman–Crippen MR) is 92.4 cm³/mol. The molecular weight excluding hydrogens is 276 g/mol. The summed E-state index contributed by atoms with van der Waals surface area (Å²) in [5.41, 5.74) is 3.42. The SMILES string of the molecule is COc1ccc([C@@H](C)Nc2ccc(N(C)C)cc2)cc1OC. The minimum atomic E-state index is 0.171. The Morgan fingerprint density at radius 3 is 2.09 bits per heavy atom. The van der Waals surface area contributed by atoms with Crippen LogP contribution in [-0.2, 0) is 0 Å². The van der Waals surface area contributed by atoms with Crippen molar-refractivity contribution < 1.29 is 9.47 Å². The van der Waals surface area contributed by atoms with E-state index < -0.39 is 0 Å². The standard InChI is InChI=1S/C18H24N2O2/c1-13(14-6-11-17(21-4)18(12-14)22-5)19-15-7-9-16(10-8-15)20(2)3/h6-13,19H,1-5H3/t13-/m1/s1. The highest BCUT2D eigenvalue weighted by atomic mass is 16.5. The fourth-order valence-electron chi connectivity index (χ4n) is 2.31. The van der Waals surface area contributed by atoms with E-state index in [4.69, 9.17) is 9.47 Å². The van der Waals surface area contributed by atoms with E-state index in [-0.39, 0.29) is 6.04 Å². The third-order valence-corrected chi connectivity index (χ3v) is 3.67. The quantitative estimate of drug-likeness (QED) is 0.876. The molecule has 0 aromatic heterocycles. The summed E-state index contributed by atoms with van der Waals surface area (Å²) in [7, 11) is 7.37. The molecule has 4 heteroatoms. The van der Waals surface area contributed by atoms with Crippen molar-refractivity contribution in [3.05, 3.63) is 48.0 Å². The molecule has 1 atom stereocenters. The third kappa shape index (κ3) is 3.64. The van der Waals surface area contributed by atoms with E-state index in [2.05, 4.69) is 41.4 Å². The van der Waals surface area contributed by atoms with Crippen molar-refractivity contribution in [1.82, 2.24) is 0 Å². The molecule has 2 rings (SSSR count). The summed E-state index contributed by atoms with van der Waals surface area (Å²) in [6.45, 7) is 2.13. The van der Waals surface area contributed by atoms with Crippen LogP contribution in [0.5, 0.6) is 11.5 Å². The molecule has 2 aromatic rings. The van der Waals surface area contributed by atoms with Gasteiger partial charge in [-0.2, -0.15) is 0 Å². The van der Waals surface area contributed by atoms with Crippen LogP contribution in [0.25, 0.3) is 0 Å². The van der Waals surface area contributed by atoms with Crippen LogP contribution in [0, 0.1) is 0 Å². The van der Waals surface area contributed by atoms with Gasteiger partial charge in [0, 0.05) is 31.5 Å². The zero-order valence-corrected chi connectivity index (χ0v) is 13.9. The fraction of sp³-hybridized carbons (Fsp3) is 0.333. The van der Waals surface area contributed by atoms with E-state index in [0.717, 1.165) is 22.7 Å². The summed E-state index contributed by atoms with van der Waals surface area (Å²) >= 11 is 0. The summed E-state index contributed by atoms with van der Waals surface area (Å²) < 4.78 is 10.6. The molecule has 0 aliphatic heterocycles. The Labute approximate surface area is 132 Å². The van der Waals surface area contributed by atoms with Gasteiger partial charge < -0.3 is 19.7 Å². The summed E-state index contributed by atoms with van der Waals surface area (Å²) in [5.74, 6) is 1.49. The molecule has 4 nitrogen and oxygen atoms in total. The summed E-state index contributed by atoms with van der Waals surface area (Å²) in [5, 5.41) is 3.50. The predicted octanol–water partition coefficient (Wildman–Crippen LogP) is 3.94. The van der Waals surface area contributed by atoms with Gasteiger partial charge in [0.1, 0.15) is 0 Å². The van der Waals surface area contributed by atoms with Gasteiger partial charge in [0.15, 0.2) is 11.5 Å². The first kappa shape index (κ1) is 16.0.